The van der Waals surface area contributed by atoms with Gasteiger partial charge in [0, 0.05) is 11.1 Å². The van der Waals surface area contributed by atoms with Crippen LogP contribution >= 0.6 is 11.6 Å². The van der Waals surface area contributed by atoms with E-state index in [4.69, 9.17) is 16.3 Å². The number of para-hydroxylation sites is 2. The summed E-state index contributed by atoms with van der Waals surface area (Å²) in [7, 11) is 0. The number of pyridine rings is 1. The summed E-state index contributed by atoms with van der Waals surface area (Å²) in [4.78, 5) is 29.6. The van der Waals surface area contributed by atoms with Crippen molar-refractivity contribution in [2.24, 2.45) is 0 Å². The molecule has 1 amide bonds. The first-order chi connectivity index (χ1) is 13.1. The van der Waals surface area contributed by atoms with Crippen molar-refractivity contribution >= 4 is 40.1 Å². The van der Waals surface area contributed by atoms with Crippen LogP contribution in [-0.4, -0.2) is 23.5 Å². The maximum Gasteiger partial charge on any atom is 0.339 e. The lowest BCUT2D eigenvalue weighted by Crippen LogP contribution is -2.22. The number of anilines is 1. The van der Waals surface area contributed by atoms with Crippen LogP contribution in [-0.2, 0) is 22.4 Å². The second-order valence-corrected chi connectivity index (χ2v) is 6.79. The number of carbonyl (C=O) groups is 2. The first kappa shape index (κ1) is 17.5. The quantitative estimate of drug-likeness (QED) is 0.689. The van der Waals surface area contributed by atoms with Crippen molar-refractivity contribution in [3.05, 3.63) is 70.4 Å². The van der Waals surface area contributed by atoms with E-state index in [1.54, 1.807) is 24.3 Å². The summed E-state index contributed by atoms with van der Waals surface area (Å²) in [6.45, 7) is -0.379. The summed E-state index contributed by atoms with van der Waals surface area (Å²) in [6, 6.07) is 14.4. The lowest BCUT2D eigenvalue weighted by atomic mass is 10.0. The van der Waals surface area contributed by atoms with Crippen molar-refractivity contribution < 1.29 is 14.3 Å². The number of halogens is 1. The number of esters is 1. The van der Waals surface area contributed by atoms with Gasteiger partial charge in [-0.1, -0.05) is 41.9 Å². The number of benzene rings is 2. The zero-order chi connectivity index (χ0) is 18.8. The molecule has 0 saturated carbocycles. The summed E-state index contributed by atoms with van der Waals surface area (Å²) in [5, 5.41) is 3.83. The van der Waals surface area contributed by atoms with Gasteiger partial charge in [-0.3, -0.25) is 9.78 Å². The number of hydrogen-bond donors (Lipinski definition) is 1. The average molecular weight is 381 g/mol. The van der Waals surface area contributed by atoms with Gasteiger partial charge in [-0.2, -0.15) is 0 Å². The third-order valence-corrected chi connectivity index (χ3v) is 4.94. The van der Waals surface area contributed by atoms with Gasteiger partial charge in [-0.05, 0) is 43.0 Å². The zero-order valence-corrected chi connectivity index (χ0v) is 15.3. The molecule has 3 aromatic rings. The monoisotopic (exact) mass is 380 g/mol. The van der Waals surface area contributed by atoms with Gasteiger partial charge >= 0.3 is 5.97 Å². The SMILES string of the molecule is O=C(COC(=O)c1c2c(nc3ccccc13)CCC2)Nc1ccccc1Cl. The number of hydrogen-bond acceptors (Lipinski definition) is 4. The Kier molecular flexibility index (Phi) is 4.77. The lowest BCUT2D eigenvalue weighted by molar-refractivity contribution is -0.119. The normalized spacial score (nSPS) is 12.6. The van der Waals surface area contributed by atoms with Crippen LogP contribution in [0.3, 0.4) is 0 Å². The molecule has 27 heavy (non-hydrogen) atoms. The average Bonchev–Trinajstić information content (AvgIpc) is 3.14. The fraction of sp³-hybridized carbons (Fsp3) is 0.190. The highest BCUT2D eigenvalue weighted by Gasteiger charge is 2.25. The molecule has 6 heteroatoms. The Morgan fingerprint density at radius 2 is 1.85 bits per heavy atom. The summed E-state index contributed by atoms with van der Waals surface area (Å²) in [5.41, 5.74) is 3.66. The second kappa shape index (κ2) is 7.37. The molecule has 1 N–H and O–H groups in total. The van der Waals surface area contributed by atoms with Gasteiger partial charge in [0.1, 0.15) is 0 Å². The van der Waals surface area contributed by atoms with Crippen LogP contribution in [0.2, 0.25) is 5.02 Å². The second-order valence-electron chi connectivity index (χ2n) is 6.39. The molecule has 0 unspecified atom stereocenters. The van der Waals surface area contributed by atoms with Crippen molar-refractivity contribution in [1.29, 1.82) is 0 Å². The summed E-state index contributed by atoms with van der Waals surface area (Å²) >= 11 is 6.03. The van der Waals surface area contributed by atoms with Crippen LogP contribution in [0.4, 0.5) is 5.69 Å². The maximum atomic E-state index is 12.8. The molecule has 0 fully saturated rings. The fourth-order valence-electron chi connectivity index (χ4n) is 3.40. The van der Waals surface area contributed by atoms with Crippen LogP contribution < -0.4 is 5.32 Å². The number of amides is 1. The number of carbonyl (C=O) groups excluding carboxylic acids is 2. The Balaban J connectivity index is 1.54. The fourth-order valence-corrected chi connectivity index (χ4v) is 3.58. The molecule has 0 saturated heterocycles. The molecule has 136 valence electrons. The highest BCUT2D eigenvalue weighted by atomic mass is 35.5. The number of rotatable bonds is 4. The van der Waals surface area contributed by atoms with Gasteiger partial charge < -0.3 is 10.1 Å². The van der Waals surface area contributed by atoms with Crippen LogP contribution in [0.15, 0.2) is 48.5 Å². The summed E-state index contributed by atoms with van der Waals surface area (Å²) < 4.78 is 5.31. The first-order valence-electron chi connectivity index (χ1n) is 8.75. The highest BCUT2D eigenvalue weighted by molar-refractivity contribution is 6.33. The van der Waals surface area contributed by atoms with E-state index >= 15 is 0 Å². The minimum absolute atomic E-state index is 0.379. The molecule has 1 aromatic heterocycles. The van der Waals surface area contributed by atoms with Crippen molar-refractivity contribution in [3.63, 3.8) is 0 Å². The lowest BCUT2D eigenvalue weighted by Gasteiger charge is -2.12. The van der Waals surface area contributed by atoms with Crippen LogP contribution in [0.25, 0.3) is 10.9 Å². The number of nitrogens with zero attached hydrogens (tertiary/aromatic N) is 1. The molecule has 0 bridgehead atoms. The first-order valence-corrected chi connectivity index (χ1v) is 9.13. The smallest absolute Gasteiger partial charge is 0.339 e. The van der Waals surface area contributed by atoms with Crippen molar-refractivity contribution in [2.75, 3.05) is 11.9 Å². The number of fused-ring (bicyclic) bond motifs is 2. The van der Waals surface area contributed by atoms with Crippen molar-refractivity contribution in [3.8, 4) is 0 Å². The highest BCUT2D eigenvalue weighted by Crippen LogP contribution is 2.30. The Morgan fingerprint density at radius 3 is 2.70 bits per heavy atom. The van der Waals surface area contributed by atoms with Gasteiger partial charge in [0.25, 0.3) is 5.91 Å². The molecule has 0 aliphatic heterocycles. The number of aryl methyl sites for hydroxylation is 1. The van der Waals surface area contributed by atoms with E-state index in [1.165, 1.54) is 0 Å². The zero-order valence-electron chi connectivity index (χ0n) is 14.5. The molecule has 4 rings (SSSR count). The molecule has 0 radical (unpaired) electrons. The summed E-state index contributed by atoms with van der Waals surface area (Å²) in [6.07, 6.45) is 2.61. The summed E-state index contributed by atoms with van der Waals surface area (Å²) in [5.74, 6) is -0.937. The van der Waals surface area contributed by atoms with Crippen LogP contribution in [0.1, 0.15) is 28.0 Å². The Labute approximate surface area is 161 Å². The predicted molar refractivity (Wildman–Crippen MR) is 104 cm³/mol. The Hall–Kier alpha value is -2.92. The molecular weight excluding hydrogens is 364 g/mol. The van der Waals surface area contributed by atoms with E-state index in [9.17, 15) is 9.59 Å². The molecule has 2 aromatic carbocycles. The molecule has 0 spiro atoms. The van der Waals surface area contributed by atoms with E-state index in [0.717, 1.165) is 41.4 Å². The van der Waals surface area contributed by atoms with Crippen LogP contribution in [0.5, 0.6) is 0 Å². The third kappa shape index (κ3) is 3.51. The molecule has 1 heterocycles. The van der Waals surface area contributed by atoms with E-state index in [0.29, 0.717) is 16.3 Å². The van der Waals surface area contributed by atoms with Crippen molar-refractivity contribution in [2.45, 2.75) is 19.3 Å². The van der Waals surface area contributed by atoms with E-state index in [-0.39, 0.29) is 6.61 Å². The Bertz CT molecular complexity index is 1050. The minimum Gasteiger partial charge on any atom is -0.452 e. The number of aromatic nitrogens is 1. The van der Waals surface area contributed by atoms with Crippen molar-refractivity contribution in [1.82, 2.24) is 4.98 Å². The molecule has 1 aliphatic carbocycles. The molecule has 5 nitrogen and oxygen atoms in total. The Morgan fingerprint density at radius 1 is 1.07 bits per heavy atom. The van der Waals surface area contributed by atoms with E-state index in [2.05, 4.69) is 10.3 Å². The molecule has 0 atom stereocenters. The van der Waals surface area contributed by atoms with E-state index < -0.39 is 11.9 Å². The van der Waals surface area contributed by atoms with Gasteiger partial charge in [-0.15, -0.1) is 0 Å². The largest absolute Gasteiger partial charge is 0.452 e. The topological polar surface area (TPSA) is 68.3 Å². The minimum atomic E-state index is -0.499. The van der Waals surface area contributed by atoms with Crippen LogP contribution in [0, 0.1) is 0 Å². The van der Waals surface area contributed by atoms with E-state index in [1.807, 2.05) is 24.3 Å². The van der Waals surface area contributed by atoms with Gasteiger partial charge in [-0.25, -0.2) is 4.79 Å². The third-order valence-electron chi connectivity index (χ3n) is 4.61. The standard InChI is InChI=1S/C21H17ClN2O3/c22-15-8-2-4-10-18(15)24-19(25)12-27-21(26)20-13-6-1-3-9-16(13)23-17-11-5-7-14(17)20/h1-4,6,8-10H,5,7,11-12H2,(H,24,25). The maximum absolute atomic E-state index is 12.8. The molecular formula is C21H17ClN2O3. The number of nitrogens with one attached hydrogen (secondary N) is 1. The van der Waals surface area contributed by atoms with Gasteiger partial charge in [0.2, 0.25) is 0 Å². The predicted octanol–water partition coefficient (Wildman–Crippen LogP) is 4.17. The molecule has 1 aliphatic rings. The number of ether oxygens (including phenoxy) is 1. The van der Waals surface area contributed by atoms with Gasteiger partial charge in [0.05, 0.1) is 21.8 Å². The van der Waals surface area contributed by atoms with Gasteiger partial charge in [0.15, 0.2) is 6.61 Å².